The lowest BCUT2D eigenvalue weighted by Crippen LogP contribution is -2.29. The normalized spacial score (nSPS) is 11.0. The first-order valence-electron chi connectivity index (χ1n) is 7.73. The van der Waals surface area contributed by atoms with Gasteiger partial charge in [0.1, 0.15) is 5.75 Å². The van der Waals surface area contributed by atoms with E-state index in [1.54, 1.807) is 7.11 Å². The number of ether oxygens (including phenoxy) is 1. The summed E-state index contributed by atoms with van der Waals surface area (Å²) in [6.07, 6.45) is -2.60. The smallest absolute Gasteiger partial charge is 0.416 e. The molecule has 0 heterocycles. The second-order valence-corrected chi connectivity index (χ2v) is 5.82. The second kappa shape index (κ2) is 8.71. The largest absolute Gasteiger partial charge is 0.497 e. The number of rotatable bonds is 6. The standard InChI is InChI=1S/C18H19F3N2OS/c1-24-16-6-2-4-13(12-16)5-3-11-22-17(25)23-15-9-7-14(8-10-15)18(19,20)21/h2,4,6-10,12H,3,5,11H2,1H3,(H2,22,23,25). The number of alkyl halides is 3. The molecule has 2 aromatic carbocycles. The van der Waals surface area contributed by atoms with Crippen LogP contribution >= 0.6 is 12.2 Å². The molecule has 0 aromatic heterocycles. The zero-order valence-electron chi connectivity index (χ0n) is 13.7. The van der Waals surface area contributed by atoms with E-state index in [2.05, 4.69) is 10.6 Å². The van der Waals surface area contributed by atoms with Crippen LogP contribution < -0.4 is 15.4 Å². The predicted molar refractivity (Wildman–Crippen MR) is 97.0 cm³/mol. The van der Waals surface area contributed by atoms with Gasteiger partial charge in [-0.05, 0) is 67.0 Å². The van der Waals surface area contributed by atoms with E-state index in [-0.39, 0.29) is 0 Å². The minimum Gasteiger partial charge on any atom is -0.497 e. The molecule has 0 atom stereocenters. The Balaban J connectivity index is 1.73. The summed E-state index contributed by atoms with van der Waals surface area (Å²) in [6.45, 7) is 0.656. The van der Waals surface area contributed by atoms with Crippen molar-refractivity contribution in [1.82, 2.24) is 5.32 Å². The van der Waals surface area contributed by atoms with Crippen molar-refractivity contribution in [2.45, 2.75) is 19.0 Å². The third-order valence-electron chi connectivity index (χ3n) is 3.53. The van der Waals surface area contributed by atoms with Crippen molar-refractivity contribution in [2.24, 2.45) is 0 Å². The molecule has 7 heteroatoms. The van der Waals surface area contributed by atoms with E-state index in [9.17, 15) is 13.2 Å². The minimum atomic E-state index is -4.34. The van der Waals surface area contributed by atoms with E-state index in [4.69, 9.17) is 17.0 Å². The summed E-state index contributed by atoms with van der Waals surface area (Å²) in [5, 5.41) is 6.29. The number of hydrogen-bond donors (Lipinski definition) is 2. The van der Waals surface area contributed by atoms with Gasteiger partial charge >= 0.3 is 6.18 Å². The maximum atomic E-state index is 12.5. The molecule has 0 amide bonds. The summed E-state index contributed by atoms with van der Waals surface area (Å²) in [5.74, 6) is 0.824. The van der Waals surface area contributed by atoms with Crippen molar-refractivity contribution in [3.63, 3.8) is 0 Å². The van der Waals surface area contributed by atoms with E-state index >= 15 is 0 Å². The highest BCUT2D eigenvalue weighted by Crippen LogP contribution is 2.29. The summed E-state index contributed by atoms with van der Waals surface area (Å²) in [7, 11) is 1.63. The fraction of sp³-hybridized carbons (Fsp3) is 0.278. The number of anilines is 1. The Labute approximate surface area is 150 Å². The summed E-state index contributed by atoms with van der Waals surface area (Å²) >= 11 is 5.15. The van der Waals surface area contributed by atoms with Gasteiger partial charge in [-0.2, -0.15) is 13.2 Å². The third-order valence-corrected chi connectivity index (χ3v) is 3.78. The van der Waals surface area contributed by atoms with E-state index in [0.29, 0.717) is 17.3 Å². The van der Waals surface area contributed by atoms with Crippen LogP contribution in [-0.2, 0) is 12.6 Å². The first-order chi connectivity index (χ1) is 11.9. The molecule has 2 N–H and O–H groups in total. The maximum Gasteiger partial charge on any atom is 0.416 e. The molecule has 0 spiro atoms. The Hall–Kier alpha value is -2.28. The number of nitrogens with one attached hydrogen (secondary N) is 2. The van der Waals surface area contributed by atoms with Gasteiger partial charge in [0.2, 0.25) is 0 Å². The molecule has 25 heavy (non-hydrogen) atoms. The molecule has 0 fully saturated rings. The Morgan fingerprint density at radius 3 is 2.48 bits per heavy atom. The number of thiocarbonyl (C=S) groups is 1. The van der Waals surface area contributed by atoms with Crippen molar-refractivity contribution < 1.29 is 17.9 Å². The monoisotopic (exact) mass is 368 g/mol. The van der Waals surface area contributed by atoms with Gasteiger partial charge in [-0.3, -0.25) is 0 Å². The number of hydrogen-bond acceptors (Lipinski definition) is 2. The molecule has 0 unspecified atom stereocenters. The molecule has 0 aliphatic rings. The Morgan fingerprint density at radius 1 is 1.12 bits per heavy atom. The lowest BCUT2D eigenvalue weighted by molar-refractivity contribution is -0.137. The van der Waals surface area contributed by atoms with Crippen LogP contribution in [0.15, 0.2) is 48.5 Å². The molecule has 134 valence electrons. The van der Waals surface area contributed by atoms with Gasteiger partial charge in [-0.15, -0.1) is 0 Å². The molecular weight excluding hydrogens is 349 g/mol. The predicted octanol–water partition coefficient (Wildman–Crippen LogP) is 4.63. The van der Waals surface area contributed by atoms with Crippen LogP contribution in [0.5, 0.6) is 5.75 Å². The molecule has 0 saturated heterocycles. The zero-order valence-corrected chi connectivity index (χ0v) is 14.5. The molecule has 2 rings (SSSR count). The van der Waals surface area contributed by atoms with Crippen LogP contribution in [0.3, 0.4) is 0 Å². The van der Waals surface area contributed by atoms with E-state index in [1.165, 1.54) is 17.7 Å². The van der Waals surface area contributed by atoms with E-state index in [1.807, 2.05) is 24.3 Å². The van der Waals surface area contributed by atoms with Crippen molar-refractivity contribution in [1.29, 1.82) is 0 Å². The zero-order chi connectivity index (χ0) is 18.3. The van der Waals surface area contributed by atoms with Crippen LogP contribution in [0.25, 0.3) is 0 Å². The number of halogens is 3. The van der Waals surface area contributed by atoms with Gasteiger partial charge in [-0.25, -0.2) is 0 Å². The van der Waals surface area contributed by atoms with Crippen molar-refractivity contribution in [3.8, 4) is 5.75 Å². The lowest BCUT2D eigenvalue weighted by Gasteiger charge is -2.12. The number of methoxy groups -OCH3 is 1. The highest BCUT2D eigenvalue weighted by molar-refractivity contribution is 7.80. The first kappa shape index (κ1) is 19.1. The maximum absolute atomic E-state index is 12.5. The van der Waals surface area contributed by atoms with E-state index in [0.717, 1.165) is 30.7 Å². The number of aryl methyl sites for hydroxylation is 1. The van der Waals surface area contributed by atoms with E-state index < -0.39 is 11.7 Å². The van der Waals surface area contributed by atoms with Crippen LogP contribution in [-0.4, -0.2) is 18.8 Å². The highest BCUT2D eigenvalue weighted by Gasteiger charge is 2.29. The summed E-state index contributed by atoms with van der Waals surface area (Å²) in [6, 6.07) is 12.6. The van der Waals surface area contributed by atoms with Crippen molar-refractivity contribution in [3.05, 3.63) is 59.7 Å². The fourth-order valence-electron chi connectivity index (χ4n) is 2.24. The molecule has 0 bridgehead atoms. The molecule has 0 aliphatic heterocycles. The molecular formula is C18H19F3N2OS. The second-order valence-electron chi connectivity index (χ2n) is 5.41. The van der Waals surface area contributed by atoms with Gasteiger partial charge < -0.3 is 15.4 Å². The summed E-state index contributed by atoms with van der Waals surface area (Å²) in [5.41, 5.74) is 0.997. The van der Waals surface area contributed by atoms with Gasteiger partial charge in [0.05, 0.1) is 12.7 Å². The SMILES string of the molecule is COc1cccc(CCCNC(=S)Nc2ccc(C(F)(F)F)cc2)c1. The average molecular weight is 368 g/mol. The Kier molecular flexibility index (Phi) is 6.64. The third kappa shape index (κ3) is 6.26. The molecule has 0 aliphatic carbocycles. The lowest BCUT2D eigenvalue weighted by atomic mass is 10.1. The van der Waals surface area contributed by atoms with Gasteiger partial charge in [0.25, 0.3) is 0 Å². The fourth-order valence-corrected chi connectivity index (χ4v) is 2.46. The van der Waals surface area contributed by atoms with Gasteiger partial charge in [0.15, 0.2) is 5.11 Å². The quantitative estimate of drug-likeness (QED) is 0.575. The van der Waals surface area contributed by atoms with Crippen molar-refractivity contribution in [2.75, 3.05) is 19.0 Å². The highest BCUT2D eigenvalue weighted by atomic mass is 32.1. The van der Waals surface area contributed by atoms with Crippen molar-refractivity contribution >= 4 is 23.0 Å². The molecule has 2 aromatic rings. The van der Waals surface area contributed by atoms with Gasteiger partial charge in [-0.1, -0.05) is 12.1 Å². The van der Waals surface area contributed by atoms with Crippen LogP contribution in [0.2, 0.25) is 0 Å². The topological polar surface area (TPSA) is 33.3 Å². The molecule has 0 saturated carbocycles. The average Bonchev–Trinajstić information content (AvgIpc) is 2.58. The Bertz CT molecular complexity index is 702. The summed E-state index contributed by atoms with van der Waals surface area (Å²) < 4.78 is 42.7. The summed E-state index contributed by atoms with van der Waals surface area (Å²) in [4.78, 5) is 0. The number of benzene rings is 2. The van der Waals surface area contributed by atoms with Crippen LogP contribution in [0.4, 0.5) is 18.9 Å². The first-order valence-corrected chi connectivity index (χ1v) is 8.14. The van der Waals surface area contributed by atoms with Crippen LogP contribution in [0.1, 0.15) is 17.5 Å². The minimum absolute atomic E-state index is 0.380. The Morgan fingerprint density at radius 2 is 1.84 bits per heavy atom. The van der Waals surface area contributed by atoms with Gasteiger partial charge in [0, 0.05) is 12.2 Å². The molecule has 3 nitrogen and oxygen atoms in total. The van der Waals surface area contributed by atoms with Crippen LogP contribution in [0, 0.1) is 0 Å². The molecule has 0 radical (unpaired) electrons.